The van der Waals surface area contributed by atoms with E-state index in [1.54, 1.807) is 37.7 Å². The Balaban J connectivity index is 1.83. The molecule has 1 heterocycles. The number of rotatable bonds is 7. The first-order chi connectivity index (χ1) is 12.7. The number of nitrogens with two attached hydrogens (primary N) is 1. The van der Waals surface area contributed by atoms with Gasteiger partial charge < -0.3 is 15.2 Å². The van der Waals surface area contributed by atoms with Gasteiger partial charge in [0.1, 0.15) is 12.4 Å². The summed E-state index contributed by atoms with van der Waals surface area (Å²) in [6.45, 7) is 0.113. The molecular weight excluding hydrogens is 331 g/mol. The molecule has 0 saturated heterocycles. The summed E-state index contributed by atoms with van der Waals surface area (Å²) in [5.74, 6) is 0.880. The molecule has 2 aromatic carbocycles. The Morgan fingerprint density at radius 3 is 2.58 bits per heavy atom. The van der Waals surface area contributed by atoms with Crippen LogP contribution in [0.5, 0.6) is 11.5 Å². The Labute approximate surface area is 152 Å². The van der Waals surface area contributed by atoms with Crippen molar-refractivity contribution < 1.29 is 13.9 Å². The smallest absolute Gasteiger partial charge is 0.164 e. The Kier molecular flexibility index (Phi) is 5.81. The summed E-state index contributed by atoms with van der Waals surface area (Å²) < 4.78 is 25.2. The lowest BCUT2D eigenvalue weighted by Gasteiger charge is -2.18. The number of methoxy groups -OCH3 is 1. The highest BCUT2D eigenvalue weighted by atomic mass is 19.1. The molecule has 0 bridgehead atoms. The van der Waals surface area contributed by atoms with Crippen LogP contribution in [0.3, 0.4) is 0 Å². The Morgan fingerprint density at radius 2 is 1.85 bits per heavy atom. The second-order valence-corrected chi connectivity index (χ2v) is 5.93. The monoisotopic (exact) mass is 352 g/mol. The van der Waals surface area contributed by atoms with E-state index in [0.29, 0.717) is 23.5 Å². The first-order valence-corrected chi connectivity index (χ1v) is 8.36. The summed E-state index contributed by atoms with van der Waals surface area (Å²) in [7, 11) is 1.58. The van der Waals surface area contributed by atoms with E-state index in [2.05, 4.69) is 4.98 Å². The van der Waals surface area contributed by atoms with Crippen LogP contribution in [0.1, 0.15) is 22.7 Å². The van der Waals surface area contributed by atoms with Gasteiger partial charge in [0.05, 0.1) is 7.11 Å². The second kappa shape index (κ2) is 8.45. The molecule has 0 aliphatic heterocycles. The minimum atomic E-state index is -0.295. The van der Waals surface area contributed by atoms with Crippen molar-refractivity contribution in [3.63, 3.8) is 0 Å². The van der Waals surface area contributed by atoms with Gasteiger partial charge in [0.25, 0.3) is 0 Å². The quantitative estimate of drug-likeness (QED) is 0.697. The highest BCUT2D eigenvalue weighted by Gasteiger charge is 2.16. The molecule has 0 aliphatic rings. The van der Waals surface area contributed by atoms with Crippen molar-refractivity contribution in [1.29, 1.82) is 0 Å². The number of aromatic nitrogens is 1. The van der Waals surface area contributed by atoms with Crippen molar-refractivity contribution in [1.82, 2.24) is 4.98 Å². The topological polar surface area (TPSA) is 57.4 Å². The lowest BCUT2D eigenvalue weighted by Crippen LogP contribution is -2.14. The number of benzene rings is 2. The fourth-order valence-electron chi connectivity index (χ4n) is 2.76. The van der Waals surface area contributed by atoms with Gasteiger partial charge >= 0.3 is 0 Å². The van der Waals surface area contributed by atoms with Gasteiger partial charge in [0, 0.05) is 24.0 Å². The maximum absolute atomic E-state index is 13.9. The molecule has 3 aromatic rings. The Hall–Kier alpha value is -2.92. The van der Waals surface area contributed by atoms with E-state index in [0.717, 1.165) is 11.1 Å². The molecule has 4 nitrogen and oxygen atoms in total. The summed E-state index contributed by atoms with van der Waals surface area (Å²) >= 11 is 0. The van der Waals surface area contributed by atoms with Gasteiger partial charge in [-0.15, -0.1) is 0 Å². The van der Waals surface area contributed by atoms with Crippen LogP contribution < -0.4 is 15.2 Å². The zero-order valence-electron chi connectivity index (χ0n) is 14.6. The Bertz CT molecular complexity index is 856. The van der Waals surface area contributed by atoms with Crippen LogP contribution in [0.4, 0.5) is 4.39 Å². The van der Waals surface area contributed by atoms with Crippen LogP contribution >= 0.6 is 0 Å². The van der Waals surface area contributed by atoms with Crippen molar-refractivity contribution >= 4 is 0 Å². The lowest BCUT2D eigenvalue weighted by molar-refractivity contribution is 0.276. The number of para-hydroxylation sites is 1. The first-order valence-electron chi connectivity index (χ1n) is 8.36. The maximum atomic E-state index is 13.9. The summed E-state index contributed by atoms with van der Waals surface area (Å²) in [5, 5.41) is 0. The van der Waals surface area contributed by atoms with E-state index >= 15 is 0 Å². The van der Waals surface area contributed by atoms with Crippen LogP contribution in [-0.2, 0) is 13.0 Å². The zero-order valence-corrected chi connectivity index (χ0v) is 14.6. The van der Waals surface area contributed by atoms with E-state index in [-0.39, 0.29) is 18.5 Å². The number of halogens is 1. The van der Waals surface area contributed by atoms with Crippen molar-refractivity contribution in [3.8, 4) is 11.5 Å². The van der Waals surface area contributed by atoms with Crippen molar-refractivity contribution in [2.24, 2.45) is 5.73 Å². The van der Waals surface area contributed by atoms with Crippen LogP contribution in [0.15, 0.2) is 67.0 Å². The normalized spacial score (nSPS) is 11.8. The fourth-order valence-corrected chi connectivity index (χ4v) is 2.76. The number of hydrogen-bond donors (Lipinski definition) is 1. The van der Waals surface area contributed by atoms with Gasteiger partial charge in [-0.3, -0.25) is 4.98 Å². The lowest BCUT2D eigenvalue weighted by atomic mass is 10.00. The van der Waals surface area contributed by atoms with Crippen LogP contribution in [0, 0.1) is 5.82 Å². The summed E-state index contributed by atoms with van der Waals surface area (Å²) in [6.07, 6.45) is 4.02. The van der Waals surface area contributed by atoms with E-state index in [4.69, 9.17) is 15.2 Å². The zero-order chi connectivity index (χ0) is 18.4. The van der Waals surface area contributed by atoms with Crippen LogP contribution in [0.2, 0.25) is 0 Å². The molecule has 0 spiro atoms. The Morgan fingerprint density at radius 1 is 1.04 bits per heavy atom. The third-order valence-corrected chi connectivity index (χ3v) is 4.16. The molecule has 0 radical (unpaired) electrons. The summed E-state index contributed by atoms with van der Waals surface area (Å²) in [6, 6.07) is 15.8. The molecule has 1 unspecified atom stereocenters. The van der Waals surface area contributed by atoms with E-state index in [1.807, 2.05) is 30.3 Å². The van der Waals surface area contributed by atoms with Gasteiger partial charge in [-0.2, -0.15) is 0 Å². The average Bonchev–Trinajstić information content (AvgIpc) is 2.68. The summed E-state index contributed by atoms with van der Waals surface area (Å²) in [5.41, 5.74) is 8.65. The predicted octanol–water partition coefficient (Wildman–Crippen LogP) is 4.05. The number of hydrogen-bond acceptors (Lipinski definition) is 4. The van der Waals surface area contributed by atoms with Gasteiger partial charge in [0.2, 0.25) is 0 Å². The SMILES string of the molecule is COc1cccc(CC(N)c2cccnc2)c1OCc1ccccc1F. The highest BCUT2D eigenvalue weighted by Crippen LogP contribution is 2.34. The number of ether oxygens (including phenoxy) is 2. The molecule has 0 saturated carbocycles. The molecule has 134 valence electrons. The third kappa shape index (κ3) is 4.18. The maximum Gasteiger partial charge on any atom is 0.164 e. The fraction of sp³-hybridized carbons (Fsp3) is 0.190. The number of pyridine rings is 1. The summed E-state index contributed by atoms with van der Waals surface area (Å²) in [4.78, 5) is 4.11. The second-order valence-electron chi connectivity index (χ2n) is 5.93. The average molecular weight is 352 g/mol. The minimum absolute atomic E-state index is 0.113. The molecule has 0 aliphatic carbocycles. The predicted molar refractivity (Wildman–Crippen MR) is 98.6 cm³/mol. The van der Waals surface area contributed by atoms with E-state index in [9.17, 15) is 4.39 Å². The molecule has 3 rings (SSSR count). The molecule has 5 heteroatoms. The number of nitrogens with zero attached hydrogens (tertiary/aromatic N) is 1. The standard InChI is InChI=1S/C21H21FN2O2/c1-25-20-10-4-7-15(12-19(23)16-8-5-11-24-13-16)21(20)26-14-17-6-2-3-9-18(17)22/h2-11,13,19H,12,14,23H2,1H3. The van der Waals surface area contributed by atoms with Crippen LogP contribution in [0.25, 0.3) is 0 Å². The molecule has 0 fully saturated rings. The minimum Gasteiger partial charge on any atom is -0.493 e. The third-order valence-electron chi connectivity index (χ3n) is 4.16. The van der Waals surface area contributed by atoms with Gasteiger partial charge in [-0.05, 0) is 35.7 Å². The highest BCUT2D eigenvalue weighted by molar-refractivity contribution is 5.47. The van der Waals surface area contributed by atoms with Crippen molar-refractivity contribution in [2.45, 2.75) is 19.1 Å². The molecule has 26 heavy (non-hydrogen) atoms. The molecule has 1 atom stereocenters. The molecule has 0 amide bonds. The van der Waals surface area contributed by atoms with Crippen LogP contribution in [-0.4, -0.2) is 12.1 Å². The molecule has 2 N–H and O–H groups in total. The van der Waals surface area contributed by atoms with Crippen molar-refractivity contribution in [2.75, 3.05) is 7.11 Å². The largest absolute Gasteiger partial charge is 0.493 e. The molecular formula is C21H21FN2O2. The molecule has 1 aromatic heterocycles. The van der Waals surface area contributed by atoms with E-state index < -0.39 is 0 Å². The van der Waals surface area contributed by atoms with Gasteiger partial charge in [0.15, 0.2) is 11.5 Å². The van der Waals surface area contributed by atoms with Crippen molar-refractivity contribution in [3.05, 3.63) is 89.5 Å². The van der Waals surface area contributed by atoms with Gasteiger partial charge in [-0.25, -0.2) is 4.39 Å². The van der Waals surface area contributed by atoms with Gasteiger partial charge in [-0.1, -0.05) is 36.4 Å². The first kappa shape index (κ1) is 17.9. The van der Waals surface area contributed by atoms with E-state index in [1.165, 1.54) is 6.07 Å².